The Bertz CT molecular complexity index is 320. The van der Waals surface area contributed by atoms with Crippen LogP contribution in [0.25, 0.3) is 0 Å². The van der Waals surface area contributed by atoms with Gasteiger partial charge in [-0.3, -0.25) is 0 Å². The van der Waals surface area contributed by atoms with Gasteiger partial charge in [-0.25, -0.2) is 0 Å². The Morgan fingerprint density at radius 3 is 2.93 bits per heavy atom. The van der Waals surface area contributed by atoms with Gasteiger partial charge in [-0.05, 0) is 36.5 Å². The van der Waals surface area contributed by atoms with Crippen LogP contribution in [0.15, 0.2) is 4.90 Å². The van der Waals surface area contributed by atoms with Crippen molar-refractivity contribution in [3.05, 3.63) is 0 Å². The highest BCUT2D eigenvalue weighted by molar-refractivity contribution is 7.99. The zero-order valence-electron chi connectivity index (χ0n) is 8.49. The van der Waals surface area contributed by atoms with Crippen LogP contribution < -0.4 is 10.6 Å². The summed E-state index contributed by atoms with van der Waals surface area (Å²) in [4.78, 5) is 3.43. The molecule has 0 aromatic carbocycles. The highest BCUT2D eigenvalue weighted by atomic mass is 32.2. The Morgan fingerprint density at radius 2 is 2.36 bits per heavy atom. The highest BCUT2D eigenvalue weighted by Gasteiger charge is 2.25. The van der Waals surface area contributed by atoms with E-state index in [4.69, 9.17) is 5.73 Å². The normalized spacial score (nSPS) is 15.9. The second kappa shape index (κ2) is 3.98. The third kappa shape index (κ3) is 1.98. The molecule has 1 aliphatic rings. The fourth-order valence-electron chi connectivity index (χ4n) is 1.49. The summed E-state index contributed by atoms with van der Waals surface area (Å²) in [7, 11) is 2.13. The molecular weight excluding hydrogens is 214 g/mol. The number of nitrogen functional groups attached to an aromatic ring is 1. The van der Waals surface area contributed by atoms with Crippen molar-refractivity contribution < 1.29 is 0 Å². The first-order valence-corrected chi connectivity index (χ1v) is 6.72. The maximum absolute atomic E-state index is 5.79. The van der Waals surface area contributed by atoms with Crippen molar-refractivity contribution in [2.45, 2.75) is 17.7 Å². The molecule has 2 N–H and O–H groups in total. The fourth-order valence-corrected chi connectivity index (χ4v) is 3.17. The molecule has 78 valence electrons. The summed E-state index contributed by atoms with van der Waals surface area (Å²) in [5.74, 6) is 1.58. The van der Waals surface area contributed by atoms with E-state index in [-0.39, 0.29) is 0 Å². The quantitative estimate of drug-likeness (QED) is 0.804. The average molecular weight is 229 g/mol. The van der Waals surface area contributed by atoms with E-state index in [1.54, 1.807) is 11.8 Å². The number of nitrogens with zero attached hydrogens (tertiary/aromatic N) is 2. The number of nitrogens with two attached hydrogens (primary N) is 1. The summed E-state index contributed by atoms with van der Waals surface area (Å²) in [5, 5.41) is 1.22. The van der Waals surface area contributed by atoms with E-state index in [1.807, 2.05) is 0 Å². The van der Waals surface area contributed by atoms with Crippen LogP contribution in [0.4, 0.5) is 10.8 Å². The maximum atomic E-state index is 5.79. The minimum absolute atomic E-state index is 0.681. The molecule has 0 amide bonds. The van der Waals surface area contributed by atoms with Crippen LogP contribution >= 0.6 is 23.3 Å². The summed E-state index contributed by atoms with van der Waals surface area (Å²) < 4.78 is 4.19. The Balaban J connectivity index is 2.12. The first kappa shape index (κ1) is 10.1. The Kier molecular flexibility index (Phi) is 2.88. The van der Waals surface area contributed by atoms with Gasteiger partial charge in [-0.15, -0.1) is 11.8 Å². The van der Waals surface area contributed by atoms with Crippen LogP contribution in [0.1, 0.15) is 12.8 Å². The average Bonchev–Trinajstić information content (AvgIpc) is 2.88. The molecule has 5 heteroatoms. The number of rotatable bonds is 4. The predicted molar refractivity (Wildman–Crippen MR) is 64.3 cm³/mol. The molecule has 0 aliphatic heterocycles. The predicted octanol–water partition coefficient (Wildman–Crippen LogP) is 2.29. The highest BCUT2D eigenvalue weighted by Crippen LogP contribution is 2.39. The van der Waals surface area contributed by atoms with Crippen molar-refractivity contribution in [2.24, 2.45) is 5.92 Å². The van der Waals surface area contributed by atoms with Crippen LogP contribution in [0.3, 0.4) is 0 Å². The minimum atomic E-state index is 0.681. The molecule has 14 heavy (non-hydrogen) atoms. The molecule has 0 atom stereocenters. The third-order valence-electron chi connectivity index (χ3n) is 2.44. The number of thioether (sulfide) groups is 1. The lowest BCUT2D eigenvalue weighted by Crippen LogP contribution is -2.19. The summed E-state index contributed by atoms with van der Waals surface area (Å²) >= 11 is 3.19. The van der Waals surface area contributed by atoms with E-state index in [0.717, 1.165) is 17.4 Å². The zero-order chi connectivity index (χ0) is 10.1. The monoisotopic (exact) mass is 229 g/mol. The lowest BCUT2D eigenvalue weighted by Gasteiger charge is -2.17. The van der Waals surface area contributed by atoms with Gasteiger partial charge in [0.25, 0.3) is 0 Å². The second-order valence-electron chi connectivity index (χ2n) is 3.73. The van der Waals surface area contributed by atoms with Crippen LogP contribution in [0.5, 0.6) is 0 Å². The topological polar surface area (TPSA) is 42.1 Å². The van der Waals surface area contributed by atoms with E-state index >= 15 is 0 Å². The van der Waals surface area contributed by atoms with Crippen molar-refractivity contribution in [2.75, 3.05) is 30.5 Å². The smallest absolute Gasteiger partial charge is 0.153 e. The van der Waals surface area contributed by atoms with E-state index in [9.17, 15) is 0 Å². The number of anilines is 2. The largest absolute Gasteiger partial charge is 0.382 e. The van der Waals surface area contributed by atoms with Crippen LogP contribution in [-0.4, -0.2) is 24.2 Å². The molecular formula is C9H15N3S2. The van der Waals surface area contributed by atoms with Gasteiger partial charge in [-0.2, -0.15) is 4.37 Å². The molecule has 1 saturated carbocycles. The summed E-state index contributed by atoms with van der Waals surface area (Å²) in [6.07, 6.45) is 4.81. The van der Waals surface area contributed by atoms with E-state index in [0.29, 0.717) is 5.82 Å². The molecule has 1 fully saturated rings. The molecule has 0 unspecified atom stereocenters. The number of aromatic nitrogens is 1. The van der Waals surface area contributed by atoms with Gasteiger partial charge in [0.15, 0.2) is 5.82 Å². The molecule has 2 rings (SSSR count). The van der Waals surface area contributed by atoms with Crippen LogP contribution in [0, 0.1) is 5.92 Å². The zero-order valence-corrected chi connectivity index (χ0v) is 10.1. The Morgan fingerprint density at radius 1 is 1.64 bits per heavy atom. The summed E-state index contributed by atoms with van der Waals surface area (Å²) in [6.45, 7) is 1.15. The minimum Gasteiger partial charge on any atom is -0.382 e. The van der Waals surface area contributed by atoms with Crippen molar-refractivity contribution in [3.63, 3.8) is 0 Å². The summed E-state index contributed by atoms with van der Waals surface area (Å²) in [6, 6.07) is 0. The fraction of sp³-hybridized carbons (Fsp3) is 0.667. The molecule has 0 saturated heterocycles. The standard InChI is InChI=1S/C9H15N3S2/c1-12(5-6-3-4-6)9-7(13-2)8(10)11-14-9/h6H,3-5H2,1-2H3,(H2,10,11). The molecule has 3 nitrogen and oxygen atoms in total. The van der Waals surface area contributed by atoms with Crippen molar-refractivity contribution in [1.29, 1.82) is 0 Å². The third-order valence-corrected chi connectivity index (χ3v) is 4.35. The van der Waals surface area contributed by atoms with Gasteiger partial charge in [-0.1, -0.05) is 0 Å². The lowest BCUT2D eigenvalue weighted by molar-refractivity contribution is 0.788. The van der Waals surface area contributed by atoms with Crippen molar-refractivity contribution in [3.8, 4) is 0 Å². The van der Waals surface area contributed by atoms with E-state index in [2.05, 4.69) is 22.6 Å². The number of hydrogen-bond acceptors (Lipinski definition) is 5. The van der Waals surface area contributed by atoms with Gasteiger partial charge < -0.3 is 10.6 Å². The lowest BCUT2D eigenvalue weighted by atomic mass is 10.4. The van der Waals surface area contributed by atoms with Crippen molar-refractivity contribution in [1.82, 2.24) is 4.37 Å². The van der Waals surface area contributed by atoms with Crippen molar-refractivity contribution >= 4 is 34.1 Å². The Hall–Kier alpha value is -0.420. The Labute approximate surface area is 92.8 Å². The molecule has 1 aromatic rings. The first-order valence-electron chi connectivity index (χ1n) is 4.72. The first-order chi connectivity index (χ1) is 6.72. The number of hydrogen-bond donors (Lipinski definition) is 1. The van der Waals surface area contributed by atoms with Crippen LogP contribution in [-0.2, 0) is 0 Å². The molecule has 1 aromatic heterocycles. The van der Waals surface area contributed by atoms with Gasteiger partial charge in [0.2, 0.25) is 0 Å². The molecule has 0 radical (unpaired) electrons. The maximum Gasteiger partial charge on any atom is 0.153 e. The molecule has 0 bridgehead atoms. The van der Waals surface area contributed by atoms with Crippen LogP contribution in [0.2, 0.25) is 0 Å². The molecule has 1 aliphatic carbocycles. The van der Waals surface area contributed by atoms with Gasteiger partial charge in [0.1, 0.15) is 5.00 Å². The van der Waals surface area contributed by atoms with Gasteiger partial charge in [0.05, 0.1) is 4.90 Å². The van der Waals surface area contributed by atoms with E-state index in [1.165, 1.54) is 29.4 Å². The SMILES string of the molecule is CSc1c(N)nsc1N(C)CC1CC1. The van der Waals surface area contributed by atoms with Gasteiger partial charge >= 0.3 is 0 Å². The van der Waals surface area contributed by atoms with Gasteiger partial charge in [0, 0.05) is 13.6 Å². The molecule has 0 spiro atoms. The molecule has 1 heterocycles. The van der Waals surface area contributed by atoms with E-state index < -0.39 is 0 Å². The second-order valence-corrected chi connectivity index (χ2v) is 5.30. The summed E-state index contributed by atoms with van der Waals surface area (Å²) in [5.41, 5.74) is 5.79.